The predicted molar refractivity (Wildman–Crippen MR) is 170 cm³/mol. The van der Waals surface area contributed by atoms with Gasteiger partial charge in [-0.25, -0.2) is 9.37 Å². The average Bonchev–Trinajstić information content (AvgIpc) is 3.05. The lowest BCUT2D eigenvalue weighted by Crippen LogP contribution is -2.30. The summed E-state index contributed by atoms with van der Waals surface area (Å²) in [4.78, 5) is 27.5. The van der Waals surface area contributed by atoms with Crippen molar-refractivity contribution in [2.75, 3.05) is 73.2 Å². The van der Waals surface area contributed by atoms with Crippen molar-refractivity contribution in [2.45, 2.75) is 6.29 Å². The molecule has 0 saturated carbocycles. The molecule has 10 heteroatoms. The molecule has 0 saturated heterocycles. The molecule has 0 amide bonds. The summed E-state index contributed by atoms with van der Waals surface area (Å²) in [6.07, 6.45) is 8.91. The van der Waals surface area contributed by atoms with Crippen molar-refractivity contribution < 1.29 is 37.8 Å². The number of nitrogens with zero attached hydrogens (tertiary/aromatic N) is 2. The number of hydrogen-bond acceptors (Lipinski definition) is 8. The molecule has 44 heavy (non-hydrogen) atoms. The van der Waals surface area contributed by atoms with E-state index in [0.29, 0.717) is 49.4 Å². The van der Waals surface area contributed by atoms with E-state index < -0.39 is 5.97 Å². The van der Waals surface area contributed by atoms with E-state index in [1.54, 1.807) is 28.4 Å². The predicted octanol–water partition coefficient (Wildman–Crippen LogP) is 4.22. The van der Waals surface area contributed by atoms with Crippen LogP contribution < -0.4 is 10.3 Å². The minimum atomic E-state index is -1.09. The Morgan fingerprint density at radius 3 is 2.09 bits per heavy atom. The van der Waals surface area contributed by atoms with Crippen molar-refractivity contribution in [3.63, 3.8) is 0 Å². The molecule has 0 aliphatic heterocycles. The van der Waals surface area contributed by atoms with Gasteiger partial charge in [-0.05, 0) is 53.6 Å². The van der Waals surface area contributed by atoms with Crippen LogP contribution in [0.5, 0.6) is 0 Å². The van der Waals surface area contributed by atoms with Crippen molar-refractivity contribution in [1.82, 2.24) is 0 Å². The Morgan fingerprint density at radius 2 is 1.52 bits per heavy atom. The maximum absolute atomic E-state index is 13.9. The molecule has 0 bridgehead atoms. The van der Waals surface area contributed by atoms with E-state index in [-0.39, 0.29) is 22.9 Å². The lowest BCUT2D eigenvalue weighted by Gasteiger charge is -2.24. The average molecular weight is 604 g/mol. The van der Waals surface area contributed by atoms with Crippen LogP contribution in [0, 0.1) is 0 Å². The van der Waals surface area contributed by atoms with Gasteiger partial charge in [-0.1, -0.05) is 12.1 Å². The van der Waals surface area contributed by atoms with Gasteiger partial charge in [-0.15, -0.1) is 0 Å². The second kappa shape index (κ2) is 15.4. The zero-order valence-electron chi connectivity index (χ0n) is 25.7. The van der Waals surface area contributed by atoms with Gasteiger partial charge < -0.3 is 33.4 Å². The first-order valence-electron chi connectivity index (χ1n) is 14.2. The summed E-state index contributed by atoms with van der Waals surface area (Å²) in [6, 6.07) is 12.3. The molecule has 0 unspecified atom stereocenters. The number of allylic oxidation sites excluding steroid dienone is 5. The molecule has 10 nitrogen and oxygen atoms in total. The lowest BCUT2D eigenvalue weighted by atomic mass is 9.90. The normalized spacial score (nSPS) is 12.8. The van der Waals surface area contributed by atoms with Crippen LogP contribution in [0.4, 0.5) is 5.69 Å². The first-order chi connectivity index (χ1) is 21.3. The summed E-state index contributed by atoms with van der Waals surface area (Å²) in [5, 5.41) is 9.69. The summed E-state index contributed by atoms with van der Waals surface area (Å²) < 4.78 is 29.2. The van der Waals surface area contributed by atoms with Crippen LogP contribution >= 0.6 is 0 Å². The van der Waals surface area contributed by atoms with Gasteiger partial charge in [0.25, 0.3) is 0 Å². The topological polar surface area (TPSA) is 111 Å². The van der Waals surface area contributed by atoms with Crippen LogP contribution in [0.3, 0.4) is 0 Å². The molecule has 0 spiro atoms. The van der Waals surface area contributed by atoms with Gasteiger partial charge in [0.15, 0.2) is 12.3 Å². The number of fused-ring (bicyclic) bond motifs is 1. The number of aromatic carboxylic acids is 1. The molecule has 0 radical (unpaired) electrons. The molecule has 1 heterocycles. The third-order valence-corrected chi connectivity index (χ3v) is 7.49. The Morgan fingerprint density at radius 1 is 0.909 bits per heavy atom. The molecule has 3 aromatic rings. The SMILES string of the molecule is COCCN(CCOC)c1ccc(C(=C2C=CC(=[N+](C)CC(OC)OC)C=C2)c2coc3cc(C(=O)O)ccc3c2=O)cc1. The van der Waals surface area contributed by atoms with Crippen molar-refractivity contribution >= 4 is 33.9 Å². The van der Waals surface area contributed by atoms with Gasteiger partial charge >= 0.3 is 5.97 Å². The number of carboxylic acid groups (broad SMARTS) is 1. The third kappa shape index (κ3) is 7.59. The van der Waals surface area contributed by atoms with Crippen molar-refractivity contribution in [2.24, 2.45) is 0 Å². The van der Waals surface area contributed by atoms with Crippen LogP contribution in [0.25, 0.3) is 16.5 Å². The molecule has 0 atom stereocenters. The van der Waals surface area contributed by atoms with E-state index in [1.807, 2.05) is 60.2 Å². The quantitative estimate of drug-likeness (QED) is 0.214. The highest BCUT2D eigenvalue weighted by Crippen LogP contribution is 2.31. The van der Waals surface area contributed by atoms with E-state index in [2.05, 4.69) is 4.90 Å². The minimum Gasteiger partial charge on any atom is -0.478 e. The number of likely N-dealkylation sites (N-methyl/N-ethyl adjacent to an activating group) is 1. The van der Waals surface area contributed by atoms with E-state index >= 15 is 0 Å². The summed E-state index contributed by atoms with van der Waals surface area (Å²) >= 11 is 0. The number of benzene rings is 2. The largest absolute Gasteiger partial charge is 0.478 e. The fourth-order valence-corrected chi connectivity index (χ4v) is 4.98. The number of carbonyl (C=O) groups is 1. The summed E-state index contributed by atoms with van der Waals surface area (Å²) in [7, 11) is 8.50. The van der Waals surface area contributed by atoms with Gasteiger partial charge in [0.2, 0.25) is 11.7 Å². The monoisotopic (exact) mass is 603 g/mol. The molecule has 1 N–H and O–H groups in total. The highest BCUT2D eigenvalue weighted by atomic mass is 16.7. The van der Waals surface area contributed by atoms with Gasteiger partial charge in [0, 0.05) is 64.9 Å². The van der Waals surface area contributed by atoms with Crippen molar-refractivity contribution in [3.8, 4) is 0 Å². The second-order valence-electron chi connectivity index (χ2n) is 10.2. The number of anilines is 1. The highest BCUT2D eigenvalue weighted by molar-refractivity contribution is 6.04. The van der Waals surface area contributed by atoms with Gasteiger partial charge in [-0.2, -0.15) is 0 Å². The van der Waals surface area contributed by atoms with E-state index in [9.17, 15) is 14.7 Å². The fourth-order valence-electron chi connectivity index (χ4n) is 4.98. The molecule has 0 fully saturated rings. The standard InChI is InChI=1S/C34H38N2O8/c1-35(21-31(42-4)43-5)26-11-6-23(7-12-26)32(24-8-13-27(14-9-24)36(16-18-40-2)17-19-41-3)29-22-44-30-20-25(34(38)39)10-15-28(30)33(29)37/h6-15,20,22,31H,16-19,21H2,1-5H3/p+1. The highest BCUT2D eigenvalue weighted by Gasteiger charge is 2.20. The van der Waals surface area contributed by atoms with Gasteiger partial charge in [0.05, 0.1) is 29.7 Å². The van der Waals surface area contributed by atoms with Crippen molar-refractivity contribution in [3.05, 3.63) is 106 Å². The summed E-state index contributed by atoms with van der Waals surface area (Å²) in [5.41, 5.74) is 4.63. The molecule has 2 aromatic carbocycles. The zero-order valence-corrected chi connectivity index (χ0v) is 25.7. The number of ether oxygens (including phenoxy) is 4. The Labute approximate surface area is 256 Å². The maximum atomic E-state index is 13.9. The molecule has 1 aliphatic rings. The first-order valence-corrected chi connectivity index (χ1v) is 14.2. The third-order valence-electron chi connectivity index (χ3n) is 7.49. The van der Waals surface area contributed by atoms with Gasteiger partial charge in [0.1, 0.15) is 18.9 Å². The van der Waals surface area contributed by atoms with Crippen LogP contribution in [0.2, 0.25) is 0 Å². The van der Waals surface area contributed by atoms with E-state index in [0.717, 1.165) is 22.5 Å². The maximum Gasteiger partial charge on any atom is 0.335 e. The second-order valence-corrected chi connectivity index (χ2v) is 10.2. The molecule has 1 aromatic heterocycles. The molecular weight excluding hydrogens is 564 g/mol. The van der Waals surface area contributed by atoms with Crippen molar-refractivity contribution in [1.29, 1.82) is 0 Å². The Bertz CT molecular complexity index is 1620. The number of methoxy groups -OCH3 is 4. The van der Waals surface area contributed by atoms with Gasteiger partial charge in [-0.3, -0.25) is 4.79 Å². The Balaban J connectivity index is 1.82. The Hall–Kier alpha value is -4.35. The molecule has 1 aliphatic carbocycles. The number of carboxylic acids is 1. The lowest BCUT2D eigenvalue weighted by molar-refractivity contribution is -0.517. The Kier molecular flexibility index (Phi) is 11.4. The molecule has 232 valence electrons. The zero-order chi connectivity index (χ0) is 31.6. The fraction of sp³-hybridized carbons (Fsp3) is 0.324. The molecular formula is C34H39N2O8+. The molecule has 4 rings (SSSR count). The van der Waals surface area contributed by atoms with Crippen LogP contribution in [-0.4, -0.2) is 96.0 Å². The van der Waals surface area contributed by atoms with Crippen LogP contribution in [-0.2, 0) is 18.9 Å². The van der Waals surface area contributed by atoms with Crippen LogP contribution in [0.1, 0.15) is 21.5 Å². The van der Waals surface area contributed by atoms with Crippen LogP contribution in [0.15, 0.2) is 87.8 Å². The first kappa shape index (κ1) is 32.6. The number of hydrogen-bond donors (Lipinski definition) is 1. The summed E-state index contributed by atoms with van der Waals surface area (Å²) in [6.45, 7) is 3.07. The summed E-state index contributed by atoms with van der Waals surface area (Å²) in [5.74, 6) is -1.09. The minimum absolute atomic E-state index is 0.0450. The van der Waals surface area contributed by atoms with E-state index in [4.69, 9.17) is 23.4 Å². The number of rotatable bonds is 14. The smallest absolute Gasteiger partial charge is 0.335 e. The van der Waals surface area contributed by atoms with E-state index in [1.165, 1.54) is 24.5 Å².